The van der Waals surface area contributed by atoms with Crippen molar-refractivity contribution in [3.05, 3.63) is 48.4 Å². The van der Waals surface area contributed by atoms with Crippen LogP contribution in [-0.4, -0.2) is 36.9 Å². The fourth-order valence-corrected chi connectivity index (χ4v) is 3.25. The molecule has 26 heavy (non-hydrogen) atoms. The van der Waals surface area contributed by atoms with Gasteiger partial charge in [0.1, 0.15) is 12.0 Å². The summed E-state index contributed by atoms with van der Waals surface area (Å²) in [5.74, 6) is 1.22. The Kier molecular flexibility index (Phi) is 5.94. The summed E-state index contributed by atoms with van der Waals surface area (Å²) >= 11 is 0. The molecular formula is C20H24N2O4. The second-order valence-corrected chi connectivity index (χ2v) is 6.57. The van der Waals surface area contributed by atoms with E-state index in [1.54, 1.807) is 19.2 Å². The van der Waals surface area contributed by atoms with E-state index in [4.69, 9.17) is 9.15 Å². The number of hydrogen-bond donors (Lipinski definition) is 1. The number of rotatable bonds is 6. The minimum atomic E-state index is 0.00940. The van der Waals surface area contributed by atoms with Gasteiger partial charge in [-0.25, -0.2) is 0 Å². The fraction of sp³-hybridized carbons (Fsp3) is 0.400. The summed E-state index contributed by atoms with van der Waals surface area (Å²) in [6.07, 6.45) is 6.17. The Labute approximate surface area is 153 Å². The third-order valence-electron chi connectivity index (χ3n) is 4.80. The zero-order valence-corrected chi connectivity index (χ0v) is 14.9. The Morgan fingerprint density at radius 3 is 2.77 bits per heavy atom. The van der Waals surface area contributed by atoms with Crippen molar-refractivity contribution in [2.24, 2.45) is 5.92 Å². The van der Waals surface area contributed by atoms with Gasteiger partial charge >= 0.3 is 0 Å². The molecule has 2 heterocycles. The Morgan fingerprint density at radius 1 is 1.27 bits per heavy atom. The molecule has 6 heteroatoms. The first kappa shape index (κ1) is 18.0. The van der Waals surface area contributed by atoms with E-state index in [0.29, 0.717) is 17.9 Å². The highest BCUT2D eigenvalue weighted by Gasteiger charge is 2.24. The van der Waals surface area contributed by atoms with Gasteiger partial charge in [0, 0.05) is 31.3 Å². The largest absolute Gasteiger partial charge is 0.497 e. The lowest BCUT2D eigenvalue weighted by atomic mass is 9.92. The van der Waals surface area contributed by atoms with Crippen molar-refractivity contribution in [2.75, 3.05) is 25.5 Å². The monoisotopic (exact) mass is 356 g/mol. The predicted molar refractivity (Wildman–Crippen MR) is 98.2 cm³/mol. The zero-order valence-electron chi connectivity index (χ0n) is 14.9. The molecule has 1 N–H and O–H groups in total. The van der Waals surface area contributed by atoms with Gasteiger partial charge in [0.25, 0.3) is 5.91 Å². The molecule has 1 fully saturated rings. The van der Waals surface area contributed by atoms with Crippen LogP contribution in [0.4, 0.5) is 5.69 Å². The normalized spacial score (nSPS) is 14.9. The minimum absolute atomic E-state index is 0.00940. The van der Waals surface area contributed by atoms with Crippen LogP contribution in [0.15, 0.2) is 47.3 Å². The first-order chi connectivity index (χ1) is 12.7. The van der Waals surface area contributed by atoms with Gasteiger partial charge in [-0.05, 0) is 43.4 Å². The first-order valence-electron chi connectivity index (χ1n) is 8.91. The van der Waals surface area contributed by atoms with Crippen LogP contribution in [0.1, 0.15) is 36.0 Å². The Balaban J connectivity index is 1.40. The molecule has 1 saturated heterocycles. The summed E-state index contributed by atoms with van der Waals surface area (Å²) in [7, 11) is 1.60. The Bertz CT molecular complexity index is 734. The molecule has 1 aliphatic heterocycles. The van der Waals surface area contributed by atoms with Crippen molar-refractivity contribution >= 4 is 17.5 Å². The number of furan rings is 1. The van der Waals surface area contributed by atoms with Gasteiger partial charge in [-0.3, -0.25) is 9.59 Å². The van der Waals surface area contributed by atoms with Crippen molar-refractivity contribution in [1.29, 1.82) is 0 Å². The van der Waals surface area contributed by atoms with Crippen LogP contribution in [0.25, 0.3) is 0 Å². The second-order valence-electron chi connectivity index (χ2n) is 6.57. The Hall–Kier alpha value is -2.76. The molecule has 0 radical (unpaired) electrons. The van der Waals surface area contributed by atoms with Crippen molar-refractivity contribution in [2.45, 2.75) is 25.7 Å². The number of piperidine rings is 1. The molecule has 0 unspecified atom stereocenters. The lowest BCUT2D eigenvalue weighted by molar-refractivity contribution is -0.116. The highest BCUT2D eigenvalue weighted by Crippen LogP contribution is 2.24. The van der Waals surface area contributed by atoms with Gasteiger partial charge in [-0.1, -0.05) is 6.07 Å². The zero-order chi connectivity index (χ0) is 18.4. The summed E-state index contributed by atoms with van der Waals surface area (Å²) in [5.41, 5.74) is 1.34. The lowest BCUT2D eigenvalue weighted by Crippen LogP contribution is -2.38. The molecular weight excluding hydrogens is 332 g/mol. The van der Waals surface area contributed by atoms with Crippen LogP contribution in [-0.2, 0) is 4.79 Å². The molecule has 0 saturated carbocycles. The molecule has 0 spiro atoms. The van der Waals surface area contributed by atoms with Gasteiger partial charge in [0.15, 0.2) is 0 Å². The standard InChI is InChI=1S/C20H24N2O4/c1-25-18-4-2-3-17(13-18)21-19(23)6-5-15-7-10-22(11-8-15)20(24)16-9-12-26-14-16/h2-4,9,12-15H,5-8,10-11H2,1H3,(H,21,23). The van der Waals surface area contributed by atoms with Crippen LogP contribution in [0.2, 0.25) is 0 Å². The van der Waals surface area contributed by atoms with E-state index in [2.05, 4.69) is 5.32 Å². The number of hydrogen-bond acceptors (Lipinski definition) is 4. The van der Waals surface area contributed by atoms with Crippen LogP contribution < -0.4 is 10.1 Å². The lowest BCUT2D eigenvalue weighted by Gasteiger charge is -2.31. The van der Waals surface area contributed by atoms with Crippen LogP contribution >= 0.6 is 0 Å². The summed E-state index contributed by atoms with van der Waals surface area (Å²) < 4.78 is 10.1. The average Bonchev–Trinajstić information content (AvgIpc) is 3.21. The van der Waals surface area contributed by atoms with Crippen LogP contribution in [0.5, 0.6) is 5.75 Å². The van der Waals surface area contributed by atoms with Crippen molar-refractivity contribution in [1.82, 2.24) is 4.90 Å². The molecule has 1 aromatic heterocycles. The number of benzene rings is 1. The third-order valence-corrected chi connectivity index (χ3v) is 4.80. The van der Waals surface area contributed by atoms with Crippen molar-refractivity contribution in [3.63, 3.8) is 0 Å². The quantitative estimate of drug-likeness (QED) is 0.859. The second kappa shape index (κ2) is 8.56. The van der Waals surface area contributed by atoms with E-state index in [-0.39, 0.29) is 11.8 Å². The number of methoxy groups -OCH3 is 1. The topological polar surface area (TPSA) is 71.8 Å². The number of amides is 2. The third kappa shape index (κ3) is 4.65. The molecule has 6 nitrogen and oxygen atoms in total. The van der Waals surface area contributed by atoms with Gasteiger partial charge in [0.2, 0.25) is 5.91 Å². The molecule has 0 atom stereocenters. The molecule has 2 amide bonds. The number of anilines is 1. The van der Waals surface area contributed by atoms with E-state index >= 15 is 0 Å². The molecule has 0 bridgehead atoms. The SMILES string of the molecule is COc1cccc(NC(=O)CCC2CCN(C(=O)c3ccoc3)CC2)c1. The van der Waals surface area contributed by atoms with Gasteiger partial charge < -0.3 is 19.4 Å². The van der Waals surface area contributed by atoms with Gasteiger partial charge in [0.05, 0.1) is 18.9 Å². The van der Waals surface area contributed by atoms with Crippen LogP contribution in [0, 0.1) is 5.92 Å². The summed E-state index contributed by atoms with van der Waals surface area (Å²) in [5, 5.41) is 2.91. The molecule has 2 aromatic rings. The van der Waals surface area contributed by atoms with Crippen molar-refractivity contribution in [3.8, 4) is 5.75 Å². The number of likely N-dealkylation sites (tertiary alicyclic amines) is 1. The fourth-order valence-electron chi connectivity index (χ4n) is 3.25. The maximum Gasteiger partial charge on any atom is 0.257 e. The number of carbonyl (C=O) groups excluding carboxylic acids is 2. The van der Waals surface area contributed by atoms with E-state index < -0.39 is 0 Å². The highest BCUT2D eigenvalue weighted by atomic mass is 16.5. The number of nitrogens with zero attached hydrogens (tertiary/aromatic N) is 1. The highest BCUT2D eigenvalue weighted by molar-refractivity contribution is 5.94. The predicted octanol–water partition coefficient (Wildman–Crippen LogP) is 3.56. The molecule has 1 aliphatic rings. The minimum Gasteiger partial charge on any atom is -0.497 e. The van der Waals surface area contributed by atoms with Crippen LogP contribution in [0.3, 0.4) is 0 Å². The van der Waals surface area contributed by atoms with E-state index in [0.717, 1.165) is 43.8 Å². The smallest absolute Gasteiger partial charge is 0.257 e. The van der Waals surface area contributed by atoms with Gasteiger partial charge in [-0.2, -0.15) is 0 Å². The van der Waals surface area contributed by atoms with E-state index in [9.17, 15) is 9.59 Å². The Morgan fingerprint density at radius 2 is 2.08 bits per heavy atom. The average molecular weight is 356 g/mol. The van der Waals surface area contributed by atoms with Gasteiger partial charge in [-0.15, -0.1) is 0 Å². The molecule has 1 aromatic carbocycles. The summed E-state index contributed by atoms with van der Waals surface area (Å²) in [6, 6.07) is 9.03. The first-order valence-corrected chi connectivity index (χ1v) is 8.91. The van der Waals surface area contributed by atoms with Crippen molar-refractivity contribution < 1.29 is 18.7 Å². The number of ether oxygens (including phenoxy) is 1. The molecule has 3 rings (SSSR count). The van der Waals surface area contributed by atoms with E-state index in [1.807, 2.05) is 23.1 Å². The number of carbonyl (C=O) groups is 2. The number of nitrogens with one attached hydrogen (secondary N) is 1. The molecule has 0 aliphatic carbocycles. The molecule has 138 valence electrons. The maximum atomic E-state index is 12.3. The summed E-state index contributed by atoms with van der Waals surface area (Å²) in [4.78, 5) is 26.3. The summed E-state index contributed by atoms with van der Waals surface area (Å²) in [6.45, 7) is 1.46. The maximum absolute atomic E-state index is 12.3. The van der Waals surface area contributed by atoms with E-state index in [1.165, 1.54) is 12.5 Å².